The monoisotopic (exact) mass is 256 g/mol. The van der Waals surface area contributed by atoms with Gasteiger partial charge >= 0.3 is 0 Å². The normalized spacial score (nSPS) is 22.4. The van der Waals surface area contributed by atoms with E-state index in [1.165, 1.54) is 0 Å². The van der Waals surface area contributed by atoms with E-state index in [9.17, 15) is 0 Å². The molecule has 1 heterocycles. The molecule has 2 aromatic carbocycles. The molecule has 0 saturated carbocycles. The van der Waals surface area contributed by atoms with Gasteiger partial charge in [-0.25, -0.2) is 0 Å². The zero-order valence-electron chi connectivity index (χ0n) is 10.8. The van der Waals surface area contributed by atoms with E-state index in [1.807, 2.05) is 42.5 Å². The molecule has 3 heteroatoms. The molecule has 2 atom stereocenters. The van der Waals surface area contributed by atoms with Crippen molar-refractivity contribution in [2.75, 3.05) is 13.7 Å². The van der Waals surface area contributed by atoms with Crippen LogP contribution in [0.25, 0.3) is 0 Å². The van der Waals surface area contributed by atoms with Crippen molar-refractivity contribution in [1.29, 1.82) is 0 Å². The second-order valence-corrected chi connectivity index (χ2v) is 4.47. The Balaban J connectivity index is 1.71. The van der Waals surface area contributed by atoms with Crippen LogP contribution >= 0.6 is 0 Å². The lowest BCUT2D eigenvalue weighted by molar-refractivity contribution is -0.0607. The van der Waals surface area contributed by atoms with E-state index >= 15 is 0 Å². The highest BCUT2D eigenvalue weighted by Gasteiger charge is 2.28. The molecule has 0 N–H and O–H groups in total. The maximum absolute atomic E-state index is 5.94. The third kappa shape index (κ3) is 2.62. The first kappa shape index (κ1) is 12.2. The summed E-state index contributed by atoms with van der Waals surface area (Å²) < 4.78 is 16.8. The molecule has 0 unspecified atom stereocenters. The Morgan fingerprint density at radius 2 is 1.68 bits per heavy atom. The molecule has 1 aliphatic rings. The minimum absolute atomic E-state index is 0.00769. The highest BCUT2D eigenvalue weighted by molar-refractivity contribution is 5.28. The molecule has 98 valence electrons. The van der Waals surface area contributed by atoms with Gasteiger partial charge in [0, 0.05) is 5.56 Å². The first-order valence-corrected chi connectivity index (χ1v) is 6.33. The van der Waals surface area contributed by atoms with Crippen molar-refractivity contribution in [3.63, 3.8) is 0 Å². The van der Waals surface area contributed by atoms with Gasteiger partial charge in [-0.05, 0) is 17.7 Å². The fourth-order valence-electron chi connectivity index (χ4n) is 2.18. The third-order valence-electron chi connectivity index (χ3n) is 3.25. The van der Waals surface area contributed by atoms with Crippen LogP contribution in [0.1, 0.15) is 23.5 Å². The molecule has 1 fully saturated rings. The quantitative estimate of drug-likeness (QED) is 0.841. The van der Waals surface area contributed by atoms with E-state index in [-0.39, 0.29) is 12.4 Å². The van der Waals surface area contributed by atoms with Crippen molar-refractivity contribution in [1.82, 2.24) is 0 Å². The summed E-state index contributed by atoms with van der Waals surface area (Å²) in [6, 6.07) is 17.9. The van der Waals surface area contributed by atoms with Crippen LogP contribution < -0.4 is 4.74 Å². The Morgan fingerprint density at radius 3 is 2.37 bits per heavy atom. The van der Waals surface area contributed by atoms with Gasteiger partial charge in [0.1, 0.15) is 11.9 Å². The van der Waals surface area contributed by atoms with Gasteiger partial charge in [-0.3, -0.25) is 0 Å². The average molecular weight is 256 g/mol. The molecule has 0 radical (unpaired) electrons. The Hall–Kier alpha value is -1.84. The summed E-state index contributed by atoms with van der Waals surface area (Å²) in [6.45, 7) is 0.584. The number of rotatable bonds is 3. The first-order valence-electron chi connectivity index (χ1n) is 6.33. The second kappa shape index (κ2) is 5.43. The summed E-state index contributed by atoms with van der Waals surface area (Å²) in [7, 11) is 1.66. The molecule has 3 rings (SSSR count). The number of ether oxygens (including phenoxy) is 3. The van der Waals surface area contributed by atoms with E-state index in [4.69, 9.17) is 14.2 Å². The van der Waals surface area contributed by atoms with Crippen molar-refractivity contribution in [2.24, 2.45) is 0 Å². The van der Waals surface area contributed by atoms with Gasteiger partial charge in [0.05, 0.1) is 13.7 Å². The van der Waals surface area contributed by atoms with Crippen molar-refractivity contribution in [2.45, 2.75) is 12.4 Å². The Labute approximate surface area is 112 Å². The van der Waals surface area contributed by atoms with E-state index in [0.29, 0.717) is 6.61 Å². The zero-order valence-corrected chi connectivity index (χ0v) is 10.8. The zero-order chi connectivity index (χ0) is 13.1. The minimum atomic E-state index is -0.295. The molecule has 0 bridgehead atoms. The third-order valence-corrected chi connectivity index (χ3v) is 3.25. The maximum Gasteiger partial charge on any atom is 0.184 e. The summed E-state index contributed by atoms with van der Waals surface area (Å²) in [5, 5.41) is 0. The largest absolute Gasteiger partial charge is 0.497 e. The van der Waals surface area contributed by atoms with Crippen LogP contribution in [0.15, 0.2) is 54.6 Å². The van der Waals surface area contributed by atoms with Crippen LogP contribution in [0.2, 0.25) is 0 Å². The molecule has 2 aromatic rings. The SMILES string of the molecule is COc1ccc([C@H]2OC[C@@H](c3ccccc3)O2)cc1. The minimum Gasteiger partial charge on any atom is -0.497 e. The Kier molecular flexibility index (Phi) is 3.49. The molecule has 0 amide bonds. The number of hydrogen-bond donors (Lipinski definition) is 0. The van der Waals surface area contributed by atoms with Gasteiger partial charge in [0.2, 0.25) is 0 Å². The first-order chi connectivity index (χ1) is 9.36. The highest BCUT2D eigenvalue weighted by atomic mass is 16.7. The van der Waals surface area contributed by atoms with E-state index in [1.54, 1.807) is 7.11 Å². The van der Waals surface area contributed by atoms with Crippen molar-refractivity contribution < 1.29 is 14.2 Å². The molecule has 0 spiro atoms. The van der Waals surface area contributed by atoms with Gasteiger partial charge in [-0.1, -0.05) is 42.5 Å². The maximum atomic E-state index is 5.94. The van der Waals surface area contributed by atoms with Gasteiger partial charge < -0.3 is 14.2 Å². The van der Waals surface area contributed by atoms with Crippen LogP contribution in [0.4, 0.5) is 0 Å². The number of benzene rings is 2. The molecule has 1 saturated heterocycles. The fourth-order valence-corrected chi connectivity index (χ4v) is 2.18. The Bertz CT molecular complexity index is 521. The van der Waals surface area contributed by atoms with E-state index in [2.05, 4.69) is 12.1 Å². The van der Waals surface area contributed by atoms with Crippen LogP contribution in [0, 0.1) is 0 Å². The van der Waals surface area contributed by atoms with E-state index < -0.39 is 0 Å². The van der Waals surface area contributed by atoms with Crippen molar-refractivity contribution >= 4 is 0 Å². The van der Waals surface area contributed by atoms with Crippen LogP contribution in [0.5, 0.6) is 5.75 Å². The van der Waals surface area contributed by atoms with Crippen LogP contribution in [-0.2, 0) is 9.47 Å². The summed E-state index contributed by atoms with van der Waals surface area (Å²) in [4.78, 5) is 0. The van der Waals surface area contributed by atoms with Crippen LogP contribution in [0.3, 0.4) is 0 Å². The number of hydrogen-bond acceptors (Lipinski definition) is 3. The predicted molar refractivity (Wildman–Crippen MR) is 72.0 cm³/mol. The lowest BCUT2D eigenvalue weighted by atomic mass is 10.1. The summed E-state index contributed by atoms with van der Waals surface area (Å²) >= 11 is 0. The molecule has 0 aliphatic carbocycles. The lowest BCUT2D eigenvalue weighted by Crippen LogP contribution is -2.00. The second-order valence-electron chi connectivity index (χ2n) is 4.47. The smallest absolute Gasteiger partial charge is 0.184 e. The summed E-state index contributed by atoms with van der Waals surface area (Å²) in [5.74, 6) is 0.835. The van der Waals surface area contributed by atoms with Crippen molar-refractivity contribution in [3.05, 3.63) is 65.7 Å². The highest BCUT2D eigenvalue weighted by Crippen LogP contribution is 2.35. The number of methoxy groups -OCH3 is 1. The molecule has 19 heavy (non-hydrogen) atoms. The molecular formula is C16H16O3. The van der Waals surface area contributed by atoms with Crippen LogP contribution in [-0.4, -0.2) is 13.7 Å². The molecule has 0 aromatic heterocycles. The molecule has 1 aliphatic heterocycles. The average Bonchev–Trinajstić information content (AvgIpc) is 2.98. The van der Waals surface area contributed by atoms with Gasteiger partial charge in [0.15, 0.2) is 6.29 Å². The molecule has 3 nitrogen and oxygen atoms in total. The lowest BCUT2D eigenvalue weighted by Gasteiger charge is -2.12. The van der Waals surface area contributed by atoms with Gasteiger partial charge in [0.25, 0.3) is 0 Å². The van der Waals surface area contributed by atoms with E-state index in [0.717, 1.165) is 16.9 Å². The topological polar surface area (TPSA) is 27.7 Å². The summed E-state index contributed by atoms with van der Waals surface area (Å²) in [6.07, 6.45) is -0.288. The molecular weight excluding hydrogens is 240 g/mol. The van der Waals surface area contributed by atoms with Gasteiger partial charge in [-0.15, -0.1) is 0 Å². The fraction of sp³-hybridized carbons (Fsp3) is 0.250. The summed E-state index contributed by atoms with van der Waals surface area (Å²) in [5.41, 5.74) is 2.16. The Morgan fingerprint density at radius 1 is 0.947 bits per heavy atom. The van der Waals surface area contributed by atoms with Gasteiger partial charge in [-0.2, -0.15) is 0 Å². The standard InChI is InChI=1S/C16H16O3/c1-17-14-9-7-13(8-10-14)16-18-11-15(19-16)12-5-3-2-4-6-12/h2-10,15-16H,11H2,1H3/t15-,16-/m0/s1. The van der Waals surface area contributed by atoms with Crippen molar-refractivity contribution in [3.8, 4) is 5.75 Å². The predicted octanol–water partition coefficient (Wildman–Crippen LogP) is 3.48.